The van der Waals surface area contributed by atoms with Crippen LogP contribution in [0, 0.1) is 17.8 Å². The van der Waals surface area contributed by atoms with Gasteiger partial charge in [-0.1, -0.05) is 23.7 Å². The molecule has 0 radical (unpaired) electrons. The minimum absolute atomic E-state index is 0.123. The van der Waals surface area contributed by atoms with Gasteiger partial charge in [-0.05, 0) is 74.0 Å². The Bertz CT molecular complexity index is 676. The fraction of sp³-hybridized carbons (Fsp3) is 0.696. The van der Waals surface area contributed by atoms with Crippen molar-refractivity contribution in [1.82, 2.24) is 15.1 Å². The third-order valence-electron chi connectivity index (χ3n) is 7.82. The number of piperazine rings is 1. The van der Waals surface area contributed by atoms with Crippen LogP contribution < -0.4 is 5.32 Å². The van der Waals surface area contributed by atoms with Crippen molar-refractivity contribution in [1.29, 1.82) is 0 Å². The summed E-state index contributed by atoms with van der Waals surface area (Å²) in [4.78, 5) is 17.5. The highest BCUT2D eigenvalue weighted by Gasteiger charge is 2.53. The van der Waals surface area contributed by atoms with Gasteiger partial charge in [0, 0.05) is 43.3 Å². The molecule has 1 heterocycles. The number of rotatable bonds is 5. The summed E-state index contributed by atoms with van der Waals surface area (Å²) in [6.07, 6.45) is 8.86. The number of hydrogen-bond donors (Lipinski definition) is 1. The predicted octanol–water partition coefficient (Wildman–Crippen LogP) is 3.54. The first kappa shape index (κ1) is 18.9. The van der Waals surface area contributed by atoms with Gasteiger partial charge in [0.1, 0.15) is 0 Å². The number of nitrogens with zero attached hydrogens (tertiary/aromatic N) is 2. The Balaban J connectivity index is 1.10. The topological polar surface area (TPSA) is 35.6 Å². The molecular formula is C23H32ClN3O. The van der Waals surface area contributed by atoms with E-state index in [1.165, 1.54) is 38.5 Å². The van der Waals surface area contributed by atoms with E-state index < -0.39 is 0 Å². The van der Waals surface area contributed by atoms with E-state index in [-0.39, 0.29) is 5.91 Å². The summed E-state index contributed by atoms with van der Waals surface area (Å²) < 4.78 is 0. The lowest BCUT2D eigenvalue weighted by Crippen LogP contribution is -2.64. The van der Waals surface area contributed by atoms with Crippen LogP contribution in [-0.4, -0.2) is 54.0 Å². The van der Waals surface area contributed by atoms with Crippen LogP contribution in [-0.2, 0) is 11.3 Å². The van der Waals surface area contributed by atoms with E-state index in [1.54, 1.807) is 0 Å². The van der Waals surface area contributed by atoms with Crippen LogP contribution in [0.25, 0.3) is 0 Å². The molecule has 0 aromatic heterocycles. The number of carbonyl (C=O) groups is 1. The lowest BCUT2D eigenvalue weighted by atomic mass is 9.52. The van der Waals surface area contributed by atoms with E-state index in [9.17, 15) is 4.79 Å². The summed E-state index contributed by atoms with van der Waals surface area (Å²) in [6, 6.07) is 7.67. The molecule has 4 aliphatic carbocycles. The SMILES string of the molecule is O=C(CN1CCN(C23CC4CC(CC(C4)C2)C3)CC1)NCc1ccc(Cl)cc1. The Labute approximate surface area is 173 Å². The molecule has 5 fully saturated rings. The molecule has 0 spiro atoms. The highest BCUT2D eigenvalue weighted by atomic mass is 35.5. The van der Waals surface area contributed by atoms with Gasteiger partial charge in [-0.15, -0.1) is 0 Å². The van der Waals surface area contributed by atoms with E-state index in [0.717, 1.165) is 54.5 Å². The van der Waals surface area contributed by atoms with Crippen molar-refractivity contribution in [2.24, 2.45) is 17.8 Å². The van der Waals surface area contributed by atoms with E-state index >= 15 is 0 Å². The van der Waals surface area contributed by atoms with E-state index in [1.807, 2.05) is 24.3 Å². The molecule has 4 bridgehead atoms. The summed E-state index contributed by atoms with van der Waals surface area (Å²) in [5.74, 6) is 3.13. The van der Waals surface area contributed by atoms with Crippen molar-refractivity contribution in [3.63, 3.8) is 0 Å². The minimum atomic E-state index is 0.123. The van der Waals surface area contributed by atoms with Gasteiger partial charge in [0.2, 0.25) is 5.91 Å². The average molecular weight is 402 g/mol. The number of nitrogens with one attached hydrogen (secondary N) is 1. The molecule has 1 aromatic carbocycles. The van der Waals surface area contributed by atoms with E-state index in [0.29, 0.717) is 18.6 Å². The molecule has 5 heteroatoms. The second-order valence-electron chi connectivity index (χ2n) is 9.81. The van der Waals surface area contributed by atoms with Gasteiger partial charge in [0.25, 0.3) is 0 Å². The highest BCUT2D eigenvalue weighted by molar-refractivity contribution is 6.30. The van der Waals surface area contributed by atoms with Crippen molar-refractivity contribution < 1.29 is 4.79 Å². The average Bonchev–Trinajstić information content (AvgIpc) is 2.67. The van der Waals surface area contributed by atoms with Gasteiger partial charge in [-0.25, -0.2) is 0 Å². The quantitative estimate of drug-likeness (QED) is 0.819. The number of carbonyl (C=O) groups excluding carboxylic acids is 1. The van der Waals surface area contributed by atoms with Crippen molar-refractivity contribution in [3.8, 4) is 0 Å². The Morgan fingerprint density at radius 3 is 2.11 bits per heavy atom. The fourth-order valence-corrected chi connectivity index (χ4v) is 7.02. The first-order valence-electron chi connectivity index (χ1n) is 11.1. The Morgan fingerprint density at radius 2 is 1.54 bits per heavy atom. The van der Waals surface area contributed by atoms with Crippen LogP contribution in [0.15, 0.2) is 24.3 Å². The smallest absolute Gasteiger partial charge is 0.234 e. The second-order valence-corrected chi connectivity index (χ2v) is 10.2. The van der Waals surface area contributed by atoms with Crippen molar-refractivity contribution in [2.75, 3.05) is 32.7 Å². The maximum atomic E-state index is 12.4. The van der Waals surface area contributed by atoms with Gasteiger partial charge < -0.3 is 5.32 Å². The number of benzene rings is 1. The number of hydrogen-bond acceptors (Lipinski definition) is 3. The lowest BCUT2D eigenvalue weighted by molar-refractivity contribution is -0.124. The summed E-state index contributed by atoms with van der Waals surface area (Å²) in [7, 11) is 0. The number of halogens is 1. The zero-order chi connectivity index (χ0) is 19.1. The molecule has 4 saturated carbocycles. The van der Waals surface area contributed by atoms with Crippen LogP contribution in [0.4, 0.5) is 0 Å². The molecule has 1 amide bonds. The molecule has 0 unspecified atom stereocenters. The standard InChI is InChI=1S/C23H32ClN3O/c24-21-3-1-17(2-4-21)15-25-22(28)16-26-5-7-27(8-6-26)23-12-18-9-19(13-23)11-20(10-18)14-23/h1-4,18-20H,5-16H2,(H,25,28). The van der Waals surface area contributed by atoms with Gasteiger partial charge in [-0.2, -0.15) is 0 Å². The van der Waals surface area contributed by atoms with Crippen molar-refractivity contribution in [2.45, 2.75) is 50.6 Å². The normalized spacial score (nSPS) is 35.2. The molecule has 1 N–H and O–H groups in total. The highest BCUT2D eigenvalue weighted by Crippen LogP contribution is 2.57. The molecule has 1 aliphatic heterocycles. The zero-order valence-corrected chi connectivity index (χ0v) is 17.5. The first-order chi connectivity index (χ1) is 13.6. The van der Waals surface area contributed by atoms with Crippen LogP contribution in [0.3, 0.4) is 0 Å². The largest absolute Gasteiger partial charge is 0.351 e. The van der Waals surface area contributed by atoms with Crippen LogP contribution in [0.2, 0.25) is 5.02 Å². The van der Waals surface area contributed by atoms with Gasteiger partial charge >= 0.3 is 0 Å². The molecule has 152 valence electrons. The molecule has 0 atom stereocenters. The van der Waals surface area contributed by atoms with E-state index in [2.05, 4.69) is 15.1 Å². The van der Waals surface area contributed by atoms with Crippen LogP contribution in [0.1, 0.15) is 44.1 Å². The maximum Gasteiger partial charge on any atom is 0.234 e. The Kier molecular flexibility index (Phi) is 5.14. The molecule has 28 heavy (non-hydrogen) atoms. The van der Waals surface area contributed by atoms with Gasteiger partial charge in [0.05, 0.1) is 6.54 Å². The van der Waals surface area contributed by atoms with Crippen molar-refractivity contribution in [3.05, 3.63) is 34.9 Å². The molecule has 1 aromatic rings. The van der Waals surface area contributed by atoms with Crippen LogP contribution >= 0.6 is 11.6 Å². The fourth-order valence-electron chi connectivity index (χ4n) is 6.89. The molecule has 4 nitrogen and oxygen atoms in total. The Hall–Kier alpha value is -1.10. The van der Waals surface area contributed by atoms with Gasteiger partial charge in [0.15, 0.2) is 0 Å². The second kappa shape index (κ2) is 7.62. The van der Waals surface area contributed by atoms with E-state index in [4.69, 9.17) is 11.6 Å². The first-order valence-corrected chi connectivity index (χ1v) is 11.4. The molecule has 5 aliphatic rings. The van der Waals surface area contributed by atoms with Crippen LogP contribution in [0.5, 0.6) is 0 Å². The minimum Gasteiger partial charge on any atom is -0.351 e. The summed E-state index contributed by atoms with van der Waals surface area (Å²) >= 11 is 5.92. The predicted molar refractivity (Wildman–Crippen MR) is 112 cm³/mol. The third-order valence-corrected chi connectivity index (χ3v) is 8.07. The summed E-state index contributed by atoms with van der Waals surface area (Å²) in [5.41, 5.74) is 1.60. The maximum absolute atomic E-state index is 12.4. The Morgan fingerprint density at radius 1 is 0.964 bits per heavy atom. The van der Waals surface area contributed by atoms with Gasteiger partial charge in [-0.3, -0.25) is 14.6 Å². The molecular weight excluding hydrogens is 370 g/mol. The number of amides is 1. The molecule has 1 saturated heterocycles. The summed E-state index contributed by atoms with van der Waals surface area (Å²) in [6.45, 7) is 5.41. The summed E-state index contributed by atoms with van der Waals surface area (Å²) in [5, 5.41) is 3.78. The zero-order valence-electron chi connectivity index (χ0n) is 16.7. The molecule has 6 rings (SSSR count). The third kappa shape index (κ3) is 3.83. The monoisotopic (exact) mass is 401 g/mol. The van der Waals surface area contributed by atoms with Crippen molar-refractivity contribution >= 4 is 17.5 Å². The lowest BCUT2D eigenvalue weighted by Gasteiger charge is -2.61.